The first-order valence-corrected chi connectivity index (χ1v) is 10.1. The van der Waals surface area contributed by atoms with E-state index >= 15 is 0 Å². The number of benzene rings is 2. The van der Waals surface area contributed by atoms with Gasteiger partial charge in [0.15, 0.2) is 5.96 Å². The zero-order valence-corrected chi connectivity index (χ0v) is 19.7. The maximum atomic E-state index is 12.4. The molecule has 0 spiro atoms. The molecule has 2 N–H and O–H groups in total. The van der Waals surface area contributed by atoms with Crippen molar-refractivity contribution in [3.05, 3.63) is 70.2 Å². The van der Waals surface area contributed by atoms with Crippen LogP contribution in [0.1, 0.15) is 29.5 Å². The average molecular weight is 527 g/mol. The Bertz CT molecular complexity index is 818. The van der Waals surface area contributed by atoms with Gasteiger partial charge in [-0.1, -0.05) is 48.0 Å². The molecule has 1 amide bonds. The number of carbonyl (C=O) groups is 1. The molecule has 3 rings (SSSR count). The van der Waals surface area contributed by atoms with Crippen LogP contribution in [-0.2, 0) is 24.3 Å². The van der Waals surface area contributed by atoms with Gasteiger partial charge in [0.25, 0.3) is 0 Å². The Hall–Kier alpha value is -1.80. The van der Waals surface area contributed by atoms with Gasteiger partial charge in [0.05, 0.1) is 0 Å². The Morgan fingerprint density at radius 3 is 2.41 bits per heavy atom. The molecule has 0 aromatic heterocycles. The predicted octanol–water partition coefficient (Wildman–Crippen LogP) is 3.99. The summed E-state index contributed by atoms with van der Waals surface area (Å²) in [6.45, 7) is 2.94. The van der Waals surface area contributed by atoms with Crippen molar-refractivity contribution < 1.29 is 4.79 Å². The van der Waals surface area contributed by atoms with Crippen LogP contribution in [-0.4, -0.2) is 36.9 Å². The van der Waals surface area contributed by atoms with Gasteiger partial charge in [-0.15, -0.1) is 24.0 Å². The molecule has 1 aliphatic rings. The van der Waals surface area contributed by atoms with Crippen LogP contribution < -0.4 is 10.6 Å². The molecule has 0 fully saturated rings. The summed E-state index contributed by atoms with van der Waals surface area (Å²) >= 11 is 6.01. The van der Waals surface area contributed by atoms with Gasteiger partial charge >= 0.3 is 0 Å². The van der Waals surface area contributed by atoms with E-state index in [1.165, 1.54) is 16.7 Å². The number of rotatable bonds is 7. The van der Waals surface area contributed by atoms with Crippen molar-refractivity contribution in [3.8, 4) is 0 Å². The molecule has 0 bridgehead atoms. The summed E-state index contributed by atoms with van der Waals surface area (Å²) in [6, 6.07) is 16.1. The van der Waals surface area contributed by atoms with Crippen LogP contribution in [0, 0.1) is 0 Å². The van der Waals surface area contributed by atoms with E-state index in [4.69, 9.17) is 11.6 Å². The Morgan fingerprint density at radius 2 is 1.76 bits per heavy atom. The quantitative estimate of drug-likeness (QED) is 0.248. The molecular formula is C22H28ClIN4O. The van der Waals surface area contributed by atoms with E-state index in [1.54, 1.807) is 7.05 Å². The van der Waals surface area contributed by atoms with Crippen molar-refractivity contribution >= 4 is 47.4 Å². The smallest absolute Gasteiger partial charge is 0.223 e. The highest BCUT2D eigenvalue weighted by Gasteiger charge is 2.22. The molecule has 2 aromatic rings. The third kappa shape index (κ3) is 7.19. The second-order valence-corrected chi connectivity index (χ2v) is 7.36. The minimum atomic E-state index is 0. The van der Waals surface area contributed by atoms with Gasteiger partial charge in [-0.2, -0.15) is 0 Å². The number of hydrogen-bond donors (Lipinski definition) is 2. The Kier molecular flexibility index (Phi) is 9.73. The molecule has 0 aliphatic carbocycles. The largest absolute Gasteiger partial charge is 0.356 e. The van der Waals surface area contributed by atoms with Gasteiger partial charge in [-0.05, 0) is 41.7 Å². The lowest BCUT2D eigenvalue weighted by atomic mass is 10.1. The number of fused-ring (bicyclic) bond motifs is 1. The van der Waals surface area contributed by atoms with E-state index in [9.17, 15) is 4.79 Å². The zero-order chi connectivity index (χ0) is 19.8. The molecule has 5 nitrogen and oxygen atoms in total. The van der Waals surface area contributed by atoms with Gasteiger partial charge in [-0.3, -0.25) is 9.79 Å². The lowest BCUT2D eigenvalue weighted by Crippen LogP contribution is -2.39. The van der Waals surface area contributed by atoms with Gasteiger partial charge in [0.1, 0.15) is 0 Å². The Labute approximate surface area is 194 Å². The summed E-state index contributed by atoms with van der Waals surface area (Å²) in [6.07, 6.45) is 2.19. The van der Waals surface area contributed by atoms with Gasteiger partial charge in [-0.25, -0.2) is 0 Å². The molecule has 1 heterocycles. The summed E-state index contributed by atoms with van der Waals surface area (Å²) in [5, 5.41) is 7.32. The highest BCUT2D eigenvalue weighted by Crippen LogP contribution is 2.22. The Balaban J connectivity index is 0.00000300. The molecule has 0 saturated carbocycles. The van der Waals surface area contributed by atoms with E-state index in [0.717, 1.165) is 43.5 Å². The first-order valence-electron chi connectivity index (χ1n) is 9.69. The van der Waals surface area contributed by atoms with Gasteiger partial charge < -0.3 is 15.5 Å². The molecule has 0 unspecified atom stereocenters. The number of aliphatic imine (C=N–C) groups is 1. The van der Waals surface area contributed by atoms with Crippen molar-refractivity contribution in [2.45, 2.75) is 32.4 Å². The number of halogens is 2. The van der Waals surface area contributed by atoms with Crippen molar-refractivity contribution in [2.24, 2.45) is 4.99 Å². The number of carbonyl (C=O) groups excluding carboxylic acids is 1. The lowest BCUT2D eigenvalue weighted by Gasteiger charge is -2.16. The highest BCUT2D eigenvalue weighted by atomic mass is 127. The highest BCUT2D eigenvalue weighted by molar-refractivity contribution is 14.0. The molecule has 7 heteroatoms. The monoisotopic (exact) mass is 526 g/mol. The fourth-order valence-electron chi connectivity index (χ4n) is 3.35. The summed E-state index contributed by atoms with van der Waals surface area (Å²) in [5.74, 6) is 0.963. The zero-order valence-electron chi connectivity index (χ0n) is 16.7. The van der Waals surface area contributed by atoms with Crippen molar-refractivity contribution in [3.63, 3.8) is 0 Å². The third-order valence-electron chi connectivity index (χ3n) is 4.87. The number of nitrogens with zero attached hydrogens (tertiary/aromatic N) is 2. The molecule has 156 valence electrons. The van der Waals surface area contributed by atoms with Crippen molar-refractivity contribution in [2.75, 3.05) is 20.1 Å². The molecule has 2 aromatic carbocycles. The molecule has 0 radical (unpaired) electrons. The topological polar surface area (TPSA) is 56.7 Å². The molecular weight excluding hydrogens is 499 g/mol. The van der Waals surface area contributed by atoms with Gasteiger partial charge in [0, 0.05) is 44.7 Å². The van der Waals surface area contributed by atoms with Crippen molar-refractivity contribution in [1.29, 1.82) is 0 Å². The standard InChI is InChI=1S/C22H27ClN4O.HI/c1-24-22(26-13-11-17-6-4-9-20(23)14-17)25-12-5-10-21(28)27-15-18-7-2-3-8-19(18)16-27;/h2-4,6-9,14H,5,10-13,15-16H2,1H3,(H2,24,25,26);1H. The summed E-state index contributed by atoms with van der Waals surface area (Å²) in [5.41, 5.74) is 3.71. The lowest BCUT2D eigenvalue weighted by molar-refractivity contribution is -0.131. The van der Waals surface area contributed by atoms with Crippen LogP contribution in [0.5, 0.6) is 0 Å². The van der Waals surface area contributed by atoms with Crippen LogP contribution in [0.4, 0.5) is 0 Å². The molecule has 0 atom stereocenters. The number of amides is 1. The maximum absolute atomic E-state index is 12.4. The van der Waals surface area contributed by atoms with Crippen LogP contribution >= 0.6 is 35.6 Å². The SMILES string of the molecule is CN=C(NCCCC(=O)N1Cc2ccccc2C1)NCCc1cccc(Cl)c1.I. The minimum absolute atomic E-state index is 0. The van der Waals surface area contributed by atoms with E-state index < -0.39 is 0 Å². The fraction of sp³-hybridized carbons (Fsp3) is 0.364. The molecule has 1 aliphatic heterocycles. The first kappa shape index (κ1) is 23.5. The summed E-state index contributed by atoms with van der Waals surface area (Å²) in [4.78, 5) is 18.6. The number of guanidine groups is 1. The van der Waals surface area contributed by atoms with Crippen LogP contribution in [0.25, 0.3) is 0 Å². The predicted molar refractivity (Wildman–Crippen MR) is 130 cm³/mol. The second-order valence-electron chi connectivity index (χ2n) is 6.93. The normalized spacial score (nSPS) is 12.9. The number of hydrogen-bond acceptors (Lipinski definition) is 2. The molecule has 0 saturated heterocycles. The van der Waals surface area contributed by atoms with Crippen LogP contribution in [0.2, 0.25) is 5.02 Å². The van der Waals surface area contributed by atoms with Crippen LogP contribution in [0.15, 0.2) is 53.5 Å². The Morgan fingerprint density at radius 1 is 1.07 bits per heavy atom. The van der Waals surface area contributed by atoms with E-state index in [0.29, 0.717) is 13.0 Å². The van der Waals surface area contributed by atoms with Gasteiger partial charge in [0.2, 0.25) is 5.91 Å². The van der Waals surface area contributed by atoms with E-state index in [1.807, 2.05) is 35.2 Å². The maximum Gasteiger partial charge on any atom is 0.223 e. The summed E-state index contributed by atoms with van der Waals surface area (Å²) in [7, 11) is 1.75. The second kappa shape index (κ2) is 12.0. The van der Waals surface area contributed by atoms with E-state index in [2.05, 4.69) is 33.8 Å². The minimum Gasteiger partial charge on any atom is -0.356 e. The molecule has 29 heavy (non-hydrogen) atoms. The first-order chi connectivity index (χ1) is 13.7. The van der Waals surface area contributed by atoms with Crippen molar-refractivity contribution in [1.82, 2.24) is 15.5 Å². The third-order valence-corrected chi connectivity index (χ3v) is 5.11. The summed E-state index contributed by atoms with van der Waals surface area (Å²) < 4.78 is 0. The number of nitrogens with one attached hydrogen (secondary N) is 2. The van der Waals surface area contributed by atoms with Crippen LogP contribution in [0.3, 0.4) is 0 Å². The average Bonchev–Trinajstić information content (AvgIpc) is 3.14. The van der Waals surface area contributed by atoms with E-state index in [-0.39, 0.29) is 29.9 Å². The fourth-order valence-corrected chi connectivity index (χ4v) is 3.57.